The highest BCUT2D eigenvalue weighted by atomic mass is 16.3. The van der Waals surface area contributed by atoms with Gasteiger partial charge in [-0.3, -0.25) is 9.59 Å². The number of hydrogen-bond acceptors (Lipinski definition) is 3. The van der Waals surface area contributed by atoms with E-state index in [1.54, 1.807) is 36.2 Å². The van der Waals surface area contributed by atoms with E-state index in [4.69, 9.17) is 5.11 Å². The molecule has 0 radical (unpaired) electrons. The lowest BCUT2D eigenvalue weighted by Crippen LogP contribution is -2.35. The number of anilines is 1. The maximum Gasteiger partial charge on any atom is 0.254 e. The van der Waals surface area contributed by atoms with Crippen molar-refractivity contribution in [3.05, 3.63) is 54.1 Å². The Labute approximate surface area is 130 Å². The number of rotatable bonds is 4. The zero-order valence-electron chi connectivity index (χ0n) is 12.7. The van der Waals surface area contributed by atoms with Crippen LogP contribution in [0.2, 0.25) is 0 Å². The fourth-order valence-electron chi connectivity index (χ4n) is 2.31. The van der Waals surface area contributed by atoms with Crippen molar-refractivity contribution < 1.29 is 14.7 Å². The molecule has 1 aliphatic heterocycles. The van der Waals surface area contributed by atoms with E-state index in [9.17, 15) is 9.59 Å². The molecular formula is C17H20N2O3. The first kappa shape index (κ1) is 16.0. The lowest BCUT2D eigenvalue weighted by atomic mass is 10.1. The summed E-state index contributed by atoms with van der Waals surface area (Å²) in [5.74, 6) is -0.241. The van der Waals surface area contributed by atoms with E-state index >= 15 is 0 Å². The van der Waals surface area contributed by atoms with E-state index in [0.29, 0.717) is 30.8 Å². The van der Waals surface area contributed by atoms with Crippen LogP contribution in [0.25, 0.3) is 0 Å². The smallest absolute Gasteiger partial charge is 0.254 e. The second kappa shape index (κ2) is 7.04. The van der Waals surface area contributed by atoms with Crippen molar-refractivity contribution in [2.24, 2.45) is 0 Å². The monoisotopic (exact) mass is 300 g/mol. The summed E-state index contributed by atoms with van der Waals surface area (Å²) in [6, 6.07) is 6.92. The highest BCUT2D eigenvalue weighted by Crippen LogP contribution is 2.17. The molecule has 1 N–H and O–H groups in total. The van der Waals surface area contributed by atoms with Gasteiger partial charge in [-0.25, -0.2) is 0 Å². The van der Waals surface area contributed by atoms with Crippen molar-refractivity contribution in [1.29, 1.82) is 0 Å². The first-order chi connectivity index (χ1) is 10.6. The molecule has 5 heteroatoms. The largest absolute Gasteiger partial charge is 0.392 e. The normalized spacial score (nSPS) is 14.3. The Morgan fingerprint density at radius 1 is 1.36 bits per heavy atom. The minimum Gasteiger partial charge on any atom is -0.392 e. The topological polar surface area (TPSA) is 60.9 Å². The van der Waals surface area contributed by atoms with Crippen LogP contribution in [0.5, 0.6) is 0 Å². The second-order valence-electron chi connectivity index (χ2n) is 5.17. The van der Waals surface area contributed by atoms with Crippen LogP contribution in [0.1, 0.15) is 16.8 Å². The Balaban J connectivity index is 2.07. The molecule has 0 atom stereocenters. The number of hydrogen-bond donors (Lipinski definition) is 1. The molecule has 0 saturated carbocycles. The van der Waals surface area contributed by atoms with E-state index in [1.165, 1.54) is 11.0 Å². The number of aliphatic hydroxyl groups is 1. The molecular weight excluding hydrogens is 280 g/mol. The van der Waals surface area contributed by atoms with Gasteiger partial charge in [-0.05, 0) is 42.3 Å². The van der Waals surface area contributed by atoms with Crippen LogP contribution >= 0.6 is 0 Å². The van der Waals surface area contributed by atoms with Crippen molar-refractivity contribution >= 4 is 17.5 Å². The van der Waals surface area contributed by atoms with Gasteiger partial charge < -0.3 is 14.9 Å². The lowest BCUT2D eigenvalue weighted by Gasteiger charge is -2.26. The van der Waals surface area contributed by atoms with Crippen molar-refractivity contribution in [3.8, 4) is 0 Å². The summed E-state index contributed by atoms with van der Waals surface area (Å²) >= 11 is 0. The van der Waals surface area contributed by atoms with Crippen LogP contribution in [0, 0.1) is 0 Å². The molecule has 1 aromatic carbocycles. The van der Waals surface area contributed by atoms with Gasteiger partial charge in [0.15, 0.2) is 0 Å². The Hall–Kier alpha value is -2.40. The van der Waals surface area contributed by atoms with Gasteiger partial charge >= 0.3 is 0 Å². The maximum atomic E-state index is 12.4. The molecule has 5 nitrogen and oxygen atoms in total. The summed E-state index contributed by atoms with van der Waals surface area (Å²) in [6.45, 7) is 4.64. The van der Waals surface area contributed by atoms with Crippen LogP contribution in [-0.4, -0.2) is 48.6 Å². The quantitative estimate of drug-likeness (QED) is 0.678. The molecule has 22 heavy (non-hydrogen) atoms. The zero-order chi connectivity index (χ0) is 16.1. The van der Waals surface area contributed by atoms with Crippen LogP contribution in [0.15, 0.2) is 48.6 Å². The molecule has 1 heterocycles. The van der Waals surface area contributed by atoms with Gasteiger partial charge in [0.05, 0.1) is 6.61 Å². The first-order valence-corrected chi connectivity index (χ1v) is 7.15. The van der Waals surface area contributed by atoms with Gasteiger partial charge in [-0.15, -0.1) is 0 Å². The van der Waals surface area contributed by atoms with E-state index in [0.717, 1.165) is 5.57 Å². The van der Waals surface area contributed by atoms with Gasteiger partial charge in [0.25, 0.3) is 5.91 Å². The highest BCUT2D eigenvalue weighted by Gasteiger charge is 2.18. The second-order valence-corrected chi connectivity index (χ2v) is 5.17. The molecule has 1 aromatic rings. The number of amides is 2. The summed E-state index contributed by atoms with van der Waals surface area (Å²) in [5, 5.41) is 9.07. The first-order valence-electron chi connectivity index (χ1n) is 7.15. The fourth-order valence-corrected chi connectivity index (χ4v) is 2.31. The van der Waals surface area contributed by atoms with Gasteiger partial charge in [-0.2, -0.15) is 0 Å². The molecule has 0 bridgehead atoms. The predicted octanol–water partition coefficient (Wildman–Crippen LogP) is 1.60. The van der Waals surface area contributed by atoms with Gasteiger partial charge in [0.2, 0.25) is 5.91 Å². The van der Waals surface area contributed by atoms with Crippen molar-refractivity contribution in [1.82, 2.24) is 4.90 Å². The third-order valence-corrected chi connectivity index (χ3v) is 3.80. The van der Waals surface area contributed by atoms with E-state index in [1.807, 2.05) is 6.08 Å². The van der Waals surface area contributed by atoms with Crippen molar-refractivity contribution in [2.45, 2.75) is 6.42 Å². The molecule has 0 aromatic heterocycles. The summed E-state index contributed by atoms with van der Waals surface area (Å²) in [4.78, 5) is 27.2. The number of nitrogens with zero attached hydrogens (tertiary/aromatic N) is 2. The van der Waals surface area contributed by atoms with E-state index in [2.05, 4.69) is 6.58 Å². The summed E-state index contributed by atoms with van der Waals surface area (Å²) in [7, 11) is 1.66. The molecule has 116 valence electrons. The third kappa shape index (κ3) is 3.43. The summed E-state index contributed by atoms with van der Waals surface area (Å²) < 4.78 is 0. The number of benzene rings is 1. The van der Waals surface area contributed by atoms with Gasteiger partial charge in [0, 0.05) is 31.4 Å². The molecule has 0 saturated heterocycles. The van der Waals surface area contributed by atoms with Crippen molar-refractivity contribution in [3.63, 3.8) is 0 Å². The molecule has 0 spiro atoms. The minimum absolute atomic E-state index is 0.0440. The van der Waals surface area contributed by atoms with Crippen LogP contribution in [-0.2, 0) is 4.79 Å². The Kier molecular flexibility index (Phi) is 5.12. The van der Waals surface area contributed by atoms with Gasteiger partial charge in [0.1, 0.15) is 0 Å². The van der Waals surface area contributed by atoms with Crippen LogP contribution in [0.4, 0.5) is 5.69 Å². The maximum absolute atomic E-state index is 12.4. The molecule has 2 amide bonds. The van der Waals surface area contributed by atoms with E-state index in [-0.39, 0.29) is 18.4 Å². The van der Waals surface area contributed by atoms with Gasteiger partial charge in [-0.1, -0.05) is 12.7 Å². The molecule has 0 unspecified atom stereocenters. The Morgan fingerprint density at radius 2 is 2.05 bits per heavy atom. The average molecular weight is 300 g/mol. The fraction of sp³-hybridized carbons (Fsp3) is 0.294. The number of carbonyl (C=O) groups excluding carboxylic acids is 2. The van der Waals surface area contributed by atoms with Crippen molar-refractivity contribution in [2.75, 3.05) is 31.6 Å². The third-order valence-electron chi connectivity index (χ3n) is 3.80. The van der Waals surface area contributed by atoms with Crippen LogP contribution in [0.3, 0.4) is 0 Å². The Bertz CT molecular complexity index is 605. The number of carbonyl (C=O) groups is 2. The molecule has 2 rings (SSSR count). The average Bonchev–Trinajstić information content (AvgIpc) is 2.60. The lowest BCUT2D eigenvalue weighted by molar-refractivity contribution is -0.113. The summed E-state index contributed by atoms with van der Waals surface area (Å²) in [5.41, 5.74) is 2.27. The summed E-state index contributed by atoms with van der Waals surface area (Å²) in [6.07, 6.45) is 3.85. The van der Waals surface area contributed by atoms with E-state index < -0.39 is 0 Å². The van der Waals surface area contributed by atoms with Crippen LogP contribution < -0.4 is 4.90 Å². The standard InChI is InChI=1S/C17H20N2O3/c1-3-16(21)18(2)15-6-4-14(5-7-15)17(22)19-10-8-13(12-20)9-11-19/h3-8,20H,1,9-12H2,2H3. The highest BCUT2D eigenvalue weighted by molar-refractivity contribution is 6.01. The molecule has 1 aliphatic rings. The molecule has 0 aliphatic carbocycles. The SMILES string of the molecule is C=CC(=O)N(C)c1ccc(C(=O)N2CC=C(CO)CC2)cc1. The predicted molar refractivity (Wildman–Crippen MR) is 85.7 cm³/mol. The minimum atomic E-state index is -0.197. The number of aliphatic hydroxyl groups excluding tert-OH is 1. The molecule has 0 fully saturated rings. The zero-order valence-corrected chi connectivity index (χ0v) is 12.7. The number of likely N-dealkylation sites (N-methyl/N-ethyl adjacent to an activating group) is 1. The Morgan fingerprint density at radius 3 is 2.55 bits per heavy atom.